The predicted molar refractivity (Wildman–Crippen MR) is 138 cm³/mol. The molecule has 0 radical (unpaired) electrons. The molecule has 36 heavy (non-hydrogen) atoms. The maximum atomic E-state index is 13.5. The minimum Gasteiger partial charge on any atom is -0.466 e. The highest BCUT2D eigenvalue weighted by molar-refractivity contribution is 7.22. The molecule has 0 atom stereocenters. The monoisotopic (exact) mass is 500 g/mol. The molecule has 1 saturated heterocycles. The first kappa shape index (κ1) is 22.4. The van der Waals surface area contributed by atoms with Crippen molar-refractivity contribution in [1.82, 2.24) is 20.2 Å². The Morgan fingerprint density at radius 3 is 2.56 bits per heavy atom. The van der Waals surface area contributed by atoms with E-state index in [1.54, 1.807) is 6.07 Å². The molecule has 1 amide bonds. The summed E-state index contributed by atoms with van der Waals surface area (Å²) in [6.45, 7) is 5.60. The number of anilines is 2. The number of thiazole rings is 1. The number of aryl methyl sites for hydroxylation is 2. The molecule has 1 N–H and O–H groups in total. The van der Waals surface area contributed by atoms with Crippen molar-refractivity contribution in [3.05, 3.63) is 59.5 Å². The molecule has 10 heteroatoms. The molecule has 9 nitrogen and oxygen atoms in total. The Morgan fingerprint density at radius 2 is 1.81 bits per heavy atom. The molecule has 182 valence electrons. The van der Waals surface area contributed by atoms with Gasteiger partial charge in [-0.1, -0.05) is 46.8 Å². The van der Waals surface area contributed by atoms with Crippen molar-refractivity contribution in [2.75, 3.05) is 23.3 Å². The summed E-state index contributed by atoms with van der Waals surface area (Å²) in [5.74, 6) is 1.35. The van der Waals surface area contributed by atoms with E-state index in [1.165, 1.54) is 17.8 Å². The lowest BCUT2D eigenvalue weighted by Crippen LogP contribution is -2.29. The number of rotatable bonds is 5. The summed E-state index contributed by atoms with van der Waals surface area (Å²) in [6.07, 6.45) is 3.51. The second-order valence-electron chi connectivity index (χ2n) is 8.81. The molecule has 1 aromatic carbocycles. The van der Waals surface area contributed by atoms with Gasteiger partial charge >= 0.3 is 6.01 Å². The number of benzene rings is 1. The van der Waals surface area contributed by atoms with Gasteiger partial charge in [0.1, 0.15) is 11.5 Å². The SMILES string of the molecule is Cc1cc(-c2nnc(NC(=O)c3cc(-c4ccccc4)nc4nc(N5CCCCC5)sc34)o2)c(C)o1. The lowest BCUT2D eigenvalue weighted by Gasteiger charge is -2.25. The standard InChI is InChI=1S/C26H24N6O3S/c1-15-13-18(16(2)34-15)24-30-31-25(35-24)29-23(33)19-14-20(17-9-5-3-6-10-17)27-22-21(19)36-26(28-22)32-11-7-4-8-12-32/h3,5-6,9-10,13-14H,4,7-8,11-12H2,1-2H3,(H,29,31,33). The second-order valence-corrected chi connectivity index (χ2v) is 9.79. The number of pyridine rings is 1. The average Bonchev–Trinajstić information content (AvgIpc) is 3.62. The first-order valence-electron chi connectivity index (χ1n) is 11.9. The maximum absolute atomic E-state index is 13.5. The molecule has 5 heterocycles. The van der Waals surface area contributed by atoms with Crippen LogP contribution in [-0.2, 0) is 0 Å². The van der Waals surface area contributed by atoms with E-state index in [0.29, 0.717) is 28.2 Å². The number of aromatic nitrogens is 4. The van der Waals surface area contributed by atoms with Gasteiger partial charge in [0.25, 0.3) is 11.8 Å². The minimum absolute atomic E-state index is 0.0141. The van der Waals surface area contributed by atoms with Crippen LogP contribution in [0.15, 0.2) is 51.3 Å². The summed E-state index contributed by atoms with van der Waals surface area (Å²) in [6, 6.07) is 13.4. The van der Waals surface area contributed by atoms with Gasteiger partial charge in [0.05, 0.1) is 21.5 Å². The zero-order valence-electron chi connectivity index (χ0n) is 19.9. The van der Waals surface area contributed by atoms with E-state index >= 15 is 0 Å². The molecule has 0 unspecified atom stereocenters. The molecule has 1 aliphatic rings. The third-order valence-corrected chi connectivity index (χ3v) is 7.35. The molecule has 1 fully saturated rings. The van der Waals surface area contributed by atoms with Crippen molar-refractivity contribution in [2.45, 2.75) is 33.1 Å². The summed E-state index contributed by atoms with van der Waals surface area (Å²) in [7, 11) is 0. The van der Waals surface area contributed by atoms with Crippen LogP contribution in [0.3, 0.4) is 0 Å². The molecule has 5 aromatic rings. The van der Waals surface area contributed by atoms with Gasteiger partial charge in [-0.05, 0) is 45.2 Å². The molecule has 6 rings (SSSR count). The van der Waals surface area contributed by atoms with E-state index in [2.05, 4.69) is 20.4 Å². The summed E-state index contributed by atoms with van der Waals surface area (Å²) < 4.78 is 12.0. The van der Waals surface area contributed by atoms with Gasteiger partial charge in [0.2, 0.25) is 0 Å². The lowest BCUT2D eigenvalue weighted by atomic mass is 10.1. The van der Waals surface area contributed by atoms with E-state index in [-0.39, 0.29) is 17.8 Å². The number of piperidine rings is 1. The number of carbonyl (C=O) groups excluding carboxylic acids is 1. The van der Waals surface area contributed by atoms with Gasteiger partial charge in [0.15, 0.2) is 10.8 Å². The summed E-state index contributed by atoms with van der Waals surface area (Å²) in [4.78, 5) is 25.4. The van der Waals surface area contributed by atoms with Crippen molar-refractivity contribution >= 4 is 38.7 Å². The molecule has 0 aliphatic carbocycles. The van der Waals surface area contributed by atoms with E-state index in [4.69, 9.17) is 18.8 Å². The zero-order valence-corrected chi connectivity index (χ0v) is 20.8. The number of furan rings is 1. The molecule has 1 aliphatic heterocycles. The van der Waals surface area contributed by atoms with Gasteiger partial charge in [-0.15, -0.1) is 5.10 Å². The second kappa shape index (κ2) is 9.19. The Labute approximate surface area is 211 Å². The first-order valence-corrected chi connectivity index (χ1v) is 12.7. The van der Waals surface area contributed by atoms with Crippen molar-refractivity contribution in [2.24, 2.45) is 0 Å². The van der Waals surface area contributed by atoms with Crippen LogP contribution in [0.2, 0.25) is 0 Å². The van der Waals surface area contributed by atoms with E-state index < -0.39 is 0 Å². The Balaban J connectivity index is 1.37. The molecule has 0 spiro atoms. The molecule has 0 bridgehead atoms. The van der Waals surface area contributed by atoms with Crippen LogP contribution in [0.1, 0.15) is 41.1 Å². The minimum atomic E-state index is -0.358. The normalized spacial score (nSPS) is 13.9. The van der Waals surface area contributed by atoms with Gasteiger partial charge in [-0.25, -0.2) is 4.98 Å². The van der Waals surface area contributed by atoms with E-state index in [9.17, 15) is 4.79 Å². The number of hydrogen-bond donors (Lipinski definition) is 1. The number of nitrogens with one attached hydrogen (secondary N) is 1. The lowest BCUT2D eigenvalue weighted by molar-refractivity contribution is 0.102. The highest BCUT2D eigenvalue weighted by Crippen LogP contribution is 2.35. The number of hydrogen-bond acceptors (Lipinski definition) is 9. The molecule has 0 saturated carbocycles. The van der Waals surface area contributed by atoms with Crippen molar-refractivity contribution in [3.8, 4) is 22.7 Å². The molecule has 4 aromatic heterocycles. The van der Waals surface area contributed by atoms with Crippen LogP contribution >= 0.6 is 11.3 Å². The Kier molecular flexibility index (Phi) is 5.73. The fourth-order valence-electron chi connectivity index (χ4n) is 4.44. The summed E-state index contributed by atoms with van der Waals surface area (Å²) in [5, 5.41) is 11.8. The van der Waals surface area contributed by atoms with Crippen LogP contribution in [0.25, 0.3) is 33.1 Å². The Morgan fingerprint density at radius 1 is 1.00 bits per heavy atom. The number of nitrogens with zero attached hydrogens (tertiary/aromatic N) is 5. The molecular weight excluding hydrogens is 476 g/mol. The highest BCUT2D eigenvalue weighted by atomic mass is 32.1. The smallest absolute Gasteiger partial charge is 0.322 e. The number of fused-ring (bicyclic) bond motifs is 1. The number of carbonyl (C=O) groups is 1. The Hall–Kier alpha value is -4.05. The predicted octanol–water partition coefficient (Wildman–Crippen LogP) is 5.86. The number of amides is 1. The van der Waals surface area contributed by atoms with Crippen LogP contribution in [-0.4, -0.2) is 39.2 Å². The first-order chi connectivity index (χ1) is 17.5. The quantitative estimate of drug-likeness (QED) is 0.319. The fraction of sp³-hybridized carbons (Fsp3) is 0.269. The van der Waals surface area contributed by atoms with Crippen molar-refractivity contribution in [3.63, 3.8) is 0 Å². The van der Waals surface area contributed by atoms with Crippen LogP contribution in [0, 0.1) is 13.8 Å². The van der Waals surface area contributed by atoms with Crippen LogP contribution in [0.5, 0.6) is 0 Å². The third kappa shape index (κ3) is 4.24. The van der Waals surface area contributed by atoms with Gasteiger partial charge in [-0.3, -0.25) is 10.1 Å². The summed E-state index contributed by atoms with van der Waals surface area (Å²) in [5.41, 5.74) is 3.32. The molecular formula is C26H24N6O3S. The van der Waals surface area contributed by atoms with Gasteiger partial charge in [-0.2, -0.15) is 4.98 Å². The third-order valence-electron chi connectivity index (χ3n) is 6.21. The van der Waals surface area contributed by atoms with Crippen LogP contribution in [0.4, 0.5) is 11.1 Å². The fourth-order valence-corrected chi connectivity index (χ4v) is 5.51. The van der Waals surface area contributed by atoms with Gasteiger partial charge in [0, 0.05) is 18.7 Å². The largest absolute Gasteiger partial charge is 0.466 e. The average molecular weight is 501 g/mol. The van der Waals surface area contributed by atoms with Crippen molar-refractivity contribution in [1.29, 1.82) is 0 Å². The van der Waals surface area contributed by atoms with Gasteiger partial charge < -0.3 is 13.7 Å². The van der Waals surface area contributed by atoms with E-state index in [0.717, 1.165) is 47.1 Å². The van der Waals surface area contributed by atoms with E-state index in [1.807, 2.05) is 50.2 Å². The zero-order chi connectivity index (χ0) is 24.6. The summed E-state index contributed by atoms with van der Waals surface area (Å²) >= 11 is 1.49. The maximum Gasteiger partial charge on any atom is 0.322 e. The highest BCUT2D eigenvalue weighted by Gasteiger charge is 2.23. The topological polar surface area (TPSA) is 110 Å². The van der Waals surface area contributed by atoms with Crippen molar-refractivity contribution < 1.29 is 13.6 Å². The van der Waals surface area contributed by atoms with Crippen LogP contribution < -0.4 is 10.2 Å². The Bertz CT molecular complexity index is 1550.